The van der Waals surface area contributed by atoms with Crippen LogP contribution >= 0.6 is 23.1 Å². The number of anilines is 1. The van der Waals surface area contributed by atoms with Crippen molar-refractivity contribution in [2.45, 2.75) is 69.3 Å². The number of carbonyl (C=O) groups excluding carboxylic acids is 2. The van der Waals surface area contributed by atoms with Gasteiger partial charge in [0, 0.05) is 18.5 Å². The van der Waals surface area contributed by atoms with E-state index in [4.69, 9.17) is 0 Å². The third-order valence-electron chi connectivity index (χ3n) is 3.93. The molecule has 2 amide bonds. The maximum atomic E-state index is 12.5. The van der Waals surface area contributed by atoms with Gasteiger partial charge in [-0.1, -0.05) is 30.0 Å². The molecule has 128 valence electrons. The van der Waals surface area contributed by atoms with Gasteiger partial charge in [-0.15, -0.1) is 10.2 Å². The highest BCUT2D eigenvalue weighted by atomic mass is 32.2. The van der Waals surface area contributed by atoms with E-state index in [-0.39, 0.29) is 11.8 Å². The van der Waals surface area contributed by atoms with Crippen LogP contribution in [0.3, 0.4) is 0 Å². The molecule has 0 bridgehead atoms. The van der Waals surface area contributed by atoms with Crippen LogP contribution in [0.25, 0.3) is 0 Å². The van der Waals surface area contributed by atoms with Crippen LogP contribution in [0.1, 0.15) is 52.9 Å². The van der Waals surface area contributed by atoms with E-state index < -0.39 is 0 Å². The first-order valence-corrected chi connectivity index (χ1v) is 9.88. The van der Waals surface area contributed by atoms with Crippen LogP contribution in [-0.2, 0) is 9.59 Å². The maximum Gasteiger partial charge on any atom is 0.233 e. The first-order valence-electron chi connectivity index (χ1n) is 8.08. The van der Waals surface area contributed by atoms with Crippen LogP contribution < -0.4 is 5.32 Å². The Balaban J connectivity index is 1.84. The number of carbonyl (C=O) groups is 2. The number of hydrogen-bond acceptors (Lipinski definition) is 6. The number of hydrogen-bond donors (Lipinski definition) is 1. The molecule has 1 aromatic rings. The van der Waals surface area contributed by atoms with E-state index in [2.05, 4.69) is 29.4 Å². The largest absolute Gasteiger partial charge is 0.337 e. The van der Waals surface area contributed by atoms with Gasteiger partial charge in [-0.25, -0.2) is 0 Å². The van der Waals surface area contributed by atoms with Gasteiger partial charge in [0.15, 0.2) is 4.34 Å². The second-order valence-corrected chi connectivity index (χ2v) is 8.09. The summed E-state index contributed by atoms with van der Waals surface area (Å²) in [6.07, 6.45) is 4.62. The van der Waals surface area contributed by atoms with Crippen LogP contribution in [0.15, 0.2) is 4.34 Å². The van der Waals surface area contributed by atoms with Crippen molar-refractivity contribution in [3.05, 3.63) is 0 Å². The highest BCUT2D eigenvalue weighted by molar-refractivity contribution is 8.01. The number of likely N-dealkylation sites (tertiary alicyclic amines) is 1. The minimum absolute atomic E-state index is 0.0488. The SMILES string of the molecule is CCCC(=O)Nc1nnc(SCC(=O)N2[C@H](C)CCC[C@@H]2C)s1. The summed E-state index contributed by atoms with van der Waals surface area (Å²) in [7, 11) is 0. The molecule has 2 heterocycles. The lowest BCUT2D eigenvalue weighted by Gasteiger charge is -2.39. The maximum absolute atomic E-state index is 12.5. The smallest absolute Gasteiger partial charge is 0.233 e. The van der Waals surface area contributed by atoms with Gasteiger partial charge in [-0.05, 0) is 39.5 Å². The summed E-state index contributed by atoms with van der Waals surface area (Å²) in [6.45, 7) is 6.18. The van der Waals surface area contributed by atoms with E-state index >= 15 is 0 Å². The van der Waals surface area contributed by atoms with Crippen molar-refractivity contribution < 1.29 is 9.59 Å². The molecule has 0 unspecified atom stereocenters. The van der Waals surface area contributed by atoms with E-state index in [1.165, 1.54) is 29.5 Å². The van der Waals surface area contributed by atoms with E-state index in [1.807, 2.05) is 11.8 Å². The molecule has 8 heteroatoms. The molecule has 0 aromatic carbocycles. The first kappa shape index (κ1) is 18.2. The van der Waals surface area contributed by atoms with Crippen molar-refractivity contribution in [2.24, 2.45) is 0 Å². The van der Waals surface area contributed by atoms with Gasteiger partial charge in [0.1, 0.15) is 0 Å². The van der Waals surface area contributed by atoms with Gasteiger partial charge in [-0.3, -0.25) is 9.59 Å². The highest BCUT2D eigenvalue weighted by Crippen LogP contribution is 2.28. The lowest BCUT2D eigenvalue weighted by atomic mass is 9.98. The van der Waals surface area contributed by atoms with Gasteiger partial charge < -0.3 is 10.2 Å². The molecule has 1 fully saturated rings. The normalized spacial score (nSPS) is 21.3. The standard InChI is InChI=1S/C15H24N4O2S2/c1-4-6-12(20)16-14-17-18-15(23-14)22-9-13(21)19-10(2)7-5-8-11(19)3/h10-11H,4-9H2,1-3H3,(H,16,17,20)/t10-,11+. The second kappa shape index (κ2) is 8.63. The summed E-state index contributed by atoms with van der Waals surface area (Å²) in [6, 6.07) is 0.621. The highest BCUT2D eigenvalue weighted by Gasteiger charge is 2.28. The third kappa shape index (κ3) is 5.17. The van der Waals surface area contributed by atoms with Crippen LogP contribution in [0.2, 0.25) is 0 Å². The summed E-state index contributed by atoms with van der Waals surface area (Å²) in [5.74, 6) is 0.473. The number of piperidine rings is 1. The molecule has 0 radical (unpaired) electrons. The molecule has 1 aromatic heterocycles. The molecule has 0 spiro atoms. The van der Waals surface area contributed by atoms with E-state index in [0.717, 1.165) is 19.3 Å². The molecule has 23 heavy (non-hydrogen) atoms. The zero-order valence-electron chi connectivity index (χ0n) is 13.9. The molecule has 0 saturated carbocycles. The summed E-state index contributed by atoms with van der Waals surface area (Å²) >= 11 is 2.71. The first-order chi connectivity index (χ1) is 11.0. The molecular weight excluding hydrogens is 332 g/mol. The molecular formula is C15H24N4O2S2. The number of amides is 2. The Bertz CT molecular complexity index is 539. The van der Waals surface area contributed by atoms with Gasteiger partial charge in [-0.2, -0.15) is 0 Å². The minimum Gasteiger partial charge on any atom is -0.337 e. The molecule has 2 atom stereocenters. The summed E-state index contributed by atoms with van der Waals surface area (Å²) in [5, 5.41) is 11.2. The number of nitrogens with one attached hydrogen (secondary N) is 1. The molecule has 1 aliphatic heterocycles. The Labute approximate surface area is 145 Å². The van der Waals surface area contributed by atoms with E-state index in [1.54, 1.807) is 0 Å². The number of thioether (sulfide) groups is 1. The van der Waals surface area contributed by atoms with Crippen LogP contribution in [0.5, 0.6) is 0 Å². The predicted octanol–water partition coefficient (Wildman–Crippen LogP) is 3.16. The van der Waals surface area contributed by atoms with Crippen LogP contribution in [0.4, 0.5) is 5.13 Å². The van der Waals surface area contributed by atoms with Crippen LogP contribution in [-0.4, -0.2) is 44.7 Å². The Morgan fingerprint density at radius 2 is 2.00 bits per heavy atom. The Morgan fingerprint density at radius 3 is 2.65 bits per heavy atom. The van der Waals surface area contributed by atoms with Crippen molar-refractivity contribution in [1.82, 2.24) is 15.1 Å². The Kier molecular flexibility index (Phi) is 6.83. The average Bonchev–Trinajstić information content (AvgIpc) is 2.92. The lowest BCUT2D eigenvalue weighted by Crippen LogP contribution is -2.48. The molecule has 1 saturated heterocycles. The summed E-state index contributed by atoms with van der Waals surface area (Å²) < 4.78 is 0.711. The number of nitrogens with zero attached hydrogens (tertiary/aromatic N) is 3. The van der Waals surface area contributed by atoms with Gasteiger partial charge in [0.2, 0.25) is 16.9 Å². The van der Waals surface area contributed by atoms with E-state index in [9.17, 15) is 9.59 Å². The fraction of sp³-hybridized carbons (Fsp3) is 0.733. The second-order valence-electron chi connectivity index (χ2n) is 5.89. The quantitative estimate of drug-likeness (QED) is 0.626. The summed E-state index contributed by atoms with van der Waals surface area (Å²) in [5.41, 5.74) is 0. The molecule has 6 nitrogen and oxygen atoms in total. The molecule has 2 rings (SSSR count). The zero-order chi connectivity index (χ0) is 16.8. The monoisotopic (exact) mass is 356 g/mol. The van der Waals surface area contributed by atoms with Crippen LogP contribution in [0, 0.1) is 0 Å². The third-order valence-corrected chi connectivity index (χ3v) is 5.89. The van der Waals surface area contributed by atoms with Crippen molar-refractivity contribution in [3.63, 3.8) is 0 Å². The minimum atomic E-state index is -0.0488. The van der Waals surface area contributed by atoms with Gasteiger partial charge in [0.05, 0.1) is 5.75 Å². The topological polar surface area (TPSA) is 75.2 Å². The lowest BCUT2D eigenvalue weighted by molar-refractivity contribution is -0.134. The van der Waals surface area contributed by atoms with Gasteiger partial charge >= 0.3 is 0 Å². The number of rotatable bonds is 6. The predicted molar refractivity (Wildman–Crippen MR) is 93.8 cm³/mol. The zero-order valence-corrected chi connectivity index (χ0v) is 15.5. The van der Waals surface area contributed by atoms with Crippen molar-refractivity contribution in [1.29, 1.82) is 0 Å². The van der Waals surface area contributed by atoms with Crippen molar-refractivity contribution in [3.8, 4) is 0 Å². The molecule has 1 aliphatic rings. The molecule has 1 N–H and O–H groups in total. The van der Waals surface area contributed by atoms with Gasteiger partial charge in [0.25, 0.3) is 0 Å². The van der Waals surface area contributed by atoms with Crippen molar-refractivity contribution >= 4 is 40.0 Å². The Morgan fingerprint density at radius 1 is 1.30 bits per heavy atom. The fourth-order valence-electron chi connectivity index (χ4n) is 2.84. The van der Waals surface area contributed by atoms with Crippen molar-refractivity contribution in [2.75, 3.05) is 11.1 Å². The Hall–Kier alpha value is -1.15. The average molecular weight is 357 g/mol. The fourth-order valence-corrected chi connectivity index (χ4v) is 4.48. The molecule has 0 aliphatic carbocycles. The number of aromatic nitrogens is 2. The van der Waals surface area contributed by atoms with E-state index in [0.29, 0.717) is 33.7 Å². The summed E-state index contributed by atoms with van der Waals surface area (Å²) in [4.78, 5) is 26.0.